The van der Waals surface area contributed by atoms with Crippen molar-refractivity contribution in [2.45, 2.75) is 12.5 Å². The van der Waals surface area contributed by atoms with Gasteiger partial charge in [0.25, 0.3) is 5.91 Å². The minimum absolute atomic E-state index is 0.133. The van der Waals surface area contributed by atoms with Gasteiger partial charge < -0.3 is 15.5 Å². The molecule has 0 saturated heterocycles. The number of hydrogen-bond acceptors (Lipinski definition) is 3. The predicted octanol–water partition coefficient (Wildman–Crippen LogP) is 2.52. The normalized spacial score (nSPS) is 12.0. The van der Waals surface area contributed by atoms with Gasteiger partial charge in [-0.25, -0.2) is 4.39 Å². The number of phenolic OH excluding ortho intramolecular Hbond substituents is 1. The minimum atomic E-state index is -0.789. The Morgan fingerprint density at radius 1 is 1.23 bits per heavy atom. The van der Waals surface area contributed by atoms with Crippen LogP contribution in [-0.4, -0.2) is 28.8 Å². The van der Waals surface area contributed by atoms with E-state index in [0.717, 1.165) is 5.56 Å². The maximum Gasteiger partial charge on any atom is 0.254 e. The predicted molar refractivity (Wildman–Crippen MR) is 81.6 cm³/mol. The van der Waals surface area contributed by atoms with Gasteiger partial charge in [-0.3, -0.25) is 4.79 Å². The van der Waals surface area contributed by atoms with E-state index in [2.05, 4.69) is 5.32 Å². The molecule has 0 fully saturated rings. The molecule has 0 aromatic heterocycles. The van der Waals surface area contributed by atoms with E-state index in [0.29, 0.717) is 6.42 Å². The van der Waals surface area contributed by atoms with E-state index in [1.165, 1.54) is 30.3 Å². The van der Waals surface area contributed by atoms with Crippen LogP contribution in [0.2, 0.25) is 5.02 Å². The maximum atomic E-state index is 13.8. The van der Waals surface area contributed by atoms with Crippen LogP contribution in [0.4, 0.5) is 4.39 Å². The first-order valence-corrected chi connectivity index (χ1v) is 7.02. The molecule has 2 aromatic carbocycles. The molecule has 3 N–H and O–H groups in total. The summed E-state index contributed by atoms with van der Waals surface area (Å²) in [4.78, 5) is 12.1. The third-order valence-corrected chi connectivity index (χ3v) is 3.46. The summed E-state index contributed by atoms with van der Waals surface area (Å²) in [6, 6.07) is 9.99. The fraction of sp³-hybridized carbons (Fsp3) is 0.188. The second-order valence-electron chi connectivity index (χ2n) is 4.82. The number of phenols is 1. The first-order chi connectivity index (χ1) is 10.5. The number of rotatable bonds is 5. The SMILES string of the molecule is O=C(N[C@H](CO)Cc1ccc(O)cc1)c1cccc(Cl)c1F. The molecule has 1 amide bonds. The molecule has 4 nitrogen and oxygen atoms in total. The highest BCUT2D eigenvalue weighted by Gasteiger charge is 2.18. The number of aliphatic hydroxyl groups is 1. The van der Waals surface area contributed by atoms with Gasteiger partial charge in [0.05, 0.1) is 23.2 Å². The van der Waals surface area contributed by atoms with Crippen LogP contribution >= 0.6 is 11.6 Å². The molecule has 0 saturated carbocycles. The molecule has 2 aromatic rings. The molecule has 0 unspecified atom stereocenters. The van der Waals surface area contributed by atoms with E-state index in [1.807, 2.05) is 0 Å². The molecule has 1 atom stereocenters. The number of hydrogen-bond donors (Lipinski definition) is 3. The Kier molecular flexibility index (Phi) is 5.35. The number of amides is 1. The molecular formula is C16H15ClFNO3. The molecule has 0 aliphatic carbocycles. The van der Waals surface area contributed by atoms with E-state index in [9.17, 15) is 19.4 Å². The summed E-state index contributed by atoms with van der Waals surface area (Å²) in [5.41, 5.74) is 0.653. The second-order valence-corrected chi connectivity index (χ2v) is 5.23. The van der Waals surface area contributed by atoms with Crippen LogP contribution in [0.3, 0.4) is 0 Å². The summed E-state index contributed by atoms with van der Waals surface area (Å²) >= 11 is 5.64. The molecule has 6 heteroatoms. The van der Waals surface area contributed by atoms with Crippen molar-refractivity contribution in [2.24, 2.45) is 0 Å². The summed E-state index contributed by atoms with van der Waals surface area (Å²) in [5, 5.41) is 21.0. The summed E-state index contributed by atoms with van der Waals surface area (Å²) in [5.74, 6) is -1.30. The Balaban J connectivity index is 2.07. The summed E-state index contributed by atoms with van der Waals surface area (Å²) in [7, 11) is 0. The third kappa shape index (κ3) is 3.96. The van der Waals surface area contributed by atoms with Gasteiger partial charge in [0, 0.05) is 0 Å². The largest absolute Gasteiger partial charge is 0.508 e. The van der Waals surface area contributed by atoms with Crippen LogP contribution in [0.25, 0.3) is 0 Å². The van der Waals surface area contributed by atoms with Crippen molar-refractivity contribution in [1.82, 2.24) is 5.32 Å². The summed E-state index contributed by atoms with van der Waals surface area (Å²) in [6.45, 7) is -0.297. The fourth-order valence-electron chi connectivity index (χ4n) is 2.02. The Labute approximate surface area is 132 Å². The molecule has 2 rings (SSSR count). The smallest absolute Gasteiger partial charge is 0.254 e. The third-order valence-electron chi connectivity index (χ3n) is 3.17. The van der Waals surface area contributed by atoms with Gasteiger partial charge in [0.15, 0.2) is 5.82 Å². The van der Waals surface area contributed by atoms with E-state index >= 15 is 0 Å². The van der Waals surface area contributed by atoms with Gasteiger partial charge in [0.2, 0.25) is 0 Å². The highest BCUT2D eigenvalue weighted by Crippen LogP contribution is 2.18. The number of nitrogens with one attached hydrogen (secondary N) is 1. The molecule has 0 aliphatic heterocycles. The lowest BCUT2D eigenvalue weighted by atomic mass is 10.1. The zero-order valence-corrected chi connectivity index (χ0v) is 12.3. The maximum absolute atomic E-state index is 13.8. The number of aromatic hydroxyl groups is 1. The highest BCUT2D eigenvalue weighted by molar-refractivity contribution is 6.31. The van der Waals surface area contributed by atoms with E-state index in [1.54, 1.807) is 12.1 Å². The van der Waals surface area contributed by atoms with E-state index < -0.39 is 17.8 Å². The highest BCUT2D eigenvalue weighted by atomic mass is 35.5. The number of aliphatic hydroxyl groups excluding tert-OH is 1. The lowest BCUT2D eigenvalue weighted by Crippen LogP contribution is -2.39. The minimum Gasteiger partial charge on any atom is -0.508 e. The van der Waals surface area contributed by atoms with Gasteiger partial charge >= 0.3 is 0 Å². The van der Waals surface area contributed by atoms with Crippen LogP contribution in [0, 0.1) is 5.82 Å². The lowest BCUT2D eigenvalue weighted by molar-refractivity contribution is 0.0912. The Hall–Kier alpha value is -2.11. The topological polar surface area (TPSA) is 69.6 Å². The molecule has 0 bridgehead atoms. The quantitative estimate of drug-likeness (QED) is 0.792. The average Bonchev–Trinajstić information content (AvgIpc) is 2.51. The second kappa shape index (κ2) is 7.24. The number of carbonyl (C=O) groups excluding carboxylic acids is 1. The molecule has 0 heterocycles. The standard InChI is InChI=1S/C16H15ClFNO3/c17-14-3-1-2-13(15(14)18)16(22)19-11(9-20)8-10-4-6-12(21)7-5-10/h1-7,11,20-21H,8-9H2,(H,19,22)/t11-/m0/s1. The first kappa shape index (κ1) is 16.3. The Bertz CT molecular complexity index is 661. The van der Waals surface area contributed by atoms with Crippen LogP contribution in [-0.2, 0) is 6.42 Å². The zero-order valence-electron chi connectivity index (χ0n) is 11.6. The average molecular weight is 324 g/mol. The van der Waals surface area contributed by atoms with Crippen LogP contribution in [0.5, 0.6) is 5.75 Å². The summed E-state index contributed by atoms with van der Waals surface area (Å²) < 4.78 is 13.8. The van der Waals surface area contributed by atoms with Gasteiger partial charge in [-0.05, 0) is 36.2 Å². The molecule has 0 radical (unpaired) electrons. The van der Waals surface area contributed by atoms with Crippen LogP contribution < -0.4 is 5.32 Å². The van der Waals surface area contributed by atoms with Crippen molar-refractivity contribution in [3.05, 3.63) is 64.4 Å². The van der Waals surface area contributed by atoms with Crippen molar-refractivity contribution in [1.29, 1.82) is 0 Å². The van der Waals surface area contributed by atoms with Crippen LogP contribution in [0.1, 0.15) is 15.9 Å². The van der Waals surface area contributed by atoms with Gasteiger partial charge in [0.1, 0.15) is 5.75 Å². The summed E-state index contributed by atoms with van der Waals surface area (Å²) in [6.07, 6.45) is 0.352. The van der Waals surface area contributed by atoms with Crippen molar-refractivity contribution in [2.75, 3.05) is 6.61 Å². The van der Waals surface area contributed by atoms with Gasteiger partial charge in [-0.1, -0.05) is 29.8 Å². The van der Waals surface area contributed by atoms with Crippen LogP contribution in [0.15, 0.2) is 42.5 Å². The first-order valence-electron chi connectivity index (χ1n) is 6.65. The lowest BCUT2D eigenvalue weighted by Gasteiger charge is -2.17. The van der Waals surface area contributed by atoms with E-state index in [-0.39, 0.29) is 22.9 Å². The van der Waals surface area contributed by atoms with Crippen molar-refractivity contribution < 1.29 is 19.4 Å². The van der Waals surface area contributed by atoms with Gasteiger partial charge in [-0.15, -0.1) is 0 Å². The molecule has 0 spiro atoms. The van der Waals surface area contributed by atoms with Crippen molar-refractivity contribution in [3.63, 3.8) is 0 Å². The Morgan fingerprint density at radius 2 is 1.91 bits per heavy atom. The monoisotopic (exact) mass is 323 g/mol. The zero-order chi connectivity index (χ0) is 16.1. The molecule has 116 valence electrons. The number of benzene rings is 2. The van der Waals surface area contributed by atoms with Gasteiger partial charge in [-0.2, -0.15) is 0 Å². The Morgan fingerprint density at radius 3 is 2.55 bits per heavy atom. The van der Waals surface area contributed by atoms with E-state index in [4.69, 9.17) is 11.6 Å². The number of halogens is 2. The fourth-order valence-corrected chi connectivity index (χ4v) is 2.19. The molecule has 0 aliphatic rings. The van der Waals surface area contributed by atoms with Crippen molar-refractivity contribution in [3.8, 4) is 5.75 Å². The van der Waals surface area contributed by atoms with Crippen molar-refractivity contribution >= 4 is 17.5 Å². The molecular weight excluding hydrogens is 309 g/mol. The molecule has 22 heavy (non-hydrogen) atoms. The number of carbonyl (C=O) groups is 1.